The zero-order valence-corrected chi connectivity index (χ0v) is 11.2. The van der Waals surface area contributed by atoms with Gasteiger partial charge in [0.25, 0.3) is 0 Å². The van der Waals surface area contributed by atoms with Gasteiger partial charge in [0.2, 0.25) is 0 Å². The van der Waals surface area contributed by atoms with E-state index in [-0.39, 0.29) is 21.9 Å². The molecule has 0 aliphatic heterocycles. The molecule has 0 spiro atoms. The number of carbonyl (C=O) groups is 1. The largest absolute Gasteiger partial charge is 0.294 e. The lowest BCUT2D eigenvalue weighted by Gasteiger charge is -2.02. The van der Waals surface area contributed by atoms with Crippen molar-refractivity contribution in [2.45, 2.75) is 6.42 Å². The second-order valence-electron chi connectivity index (χ2n) is 3.55. The van der Waals surface area contributed by atoms with Crippen molar-refractivity contribution in [3.05, 3.63) is 55.7 Å². The number of hydrogen-bond acceptors (Lipinski definition) is 2. The molecule has 0 saturated heterocycles. The maximum absolute atomic E-state index is 13.4. The van der Waals surface area contributed by atoms with E-state index in [9.17, 15) is 13.6 Å². The normalized spacial score (nSPS) is 10.7. The number of Topliss-reactive ketones (excluding diaryl/α,β-unsaturated/α-hetero) is 1. The summed E-state index contributed by atoms with van der Waals surface area (Å²) in [6, 6.07) is 5.13. The van der Waals surface area contributed by atoms with Gasteiger partial charge in [-0.1, -0.05) is 35.3 Å². The minimum atomic E-state index is -1.01. The number of benzene rings is 1. The zero-order valence-electron chi connectivity index (χ0n) is 8.84. The van der Waals surface area contributed by atoms with Crippen LogP contribution in [0, 0.1) is 11.6 Å². The Morgan fingerprint density at radius 1 is 1.28 bits per heavy atom. The maximum Gasteiger partial charge on any atom is 0.169 e. The van der Waals surface area contributed by atoms with Crippen molar-refractivity contribution in [3.63, 3.8) is 0 Å². The Balaban J connectivity index is 2.27. The Morgan fingerprint density at radius 3 is 2.61 bits per heavy atom. The first-order valence-corrected chi connectivity index (χ1v) is 6.47. The van der Waals surface area contributed by atoms with Gasteiger partial charge in [-0.3, -0.25) is 4.79 Å². The Morgan fingerprint density at radius 2 is 2.00 bits per heavy atom. The maximum atomic E-state index is 13.4. The number of ketones is 1. The summed E-state index contributed by atoms with van der Waals surface area (Å²) in [5.74, 6) is -2.38. The smallest absolute Gasteiger partial charge is 0.169 e. The van der Waals surface area contributed by atoms with Crippen LogP contribution >= 0.6 is 34.5 Å². The molecular weight excluding hydrogens is 301 g/mol. The predicted octanol–water partition coefficient (Wildman–Crippen LogP) is 4.76. The molecule has 0 N–H and O–H groups in total. The number of thiophene rings is 1. The summed E-state index contributed by atoms with van der Waals surface area (Å²) in [5.41, 5.74) is 0.230. The van der Waals surface area contributed by atoms with E-state index in [4.69, 9.17) is 23.2 Å². The number of rotatable bonds is 3. The van der Waals surface area contributed by atoms with Crippen molar-refractivity contribution in [2.75, 3.05) is 0 Å². The van der Waals surface area contributed by atoms with E-state index < -0.39 is 17.4 Å². The summed E-state index contributed by atoms with van der Waals surface area (Å²) in [6.07, 6.45) is -0.254. The molecule has 0 bridgehead atoms. The molecule has 1 aromatic heterocycles. The van der Waals surface area contributed by atoms with E-state index in [0.717, 1.165) is 17.4 Å². The summed E-state index contributed by atoms with van der Waals surface area (Å²) >= 11 is 12.6. The lowest BCUT2D eigenvalue weighted by Crippen LogP contribution is -2.05. The number of halogens is 4. The molecule has 1 heterocycles. The fourth-order valence-electron chi connectivity index (χ4n) is 1.48. The average Bonchev–Trinajstić information content (AvgIpc) is 2.64. The van der Waals surface area contributed by atoms with Crippen LogP contribution in [0.1, 0.15) is 15.9 Å². The molecule has 1 nitrogen and oxygen atoms in total. The SMILES string of the molecule is O=C(Cc1cccc(F)c1F)c1cc(Cl)sc1Cl. The van der Waals surface area contributed by atoms with Gasteiger partial charge >= 0.3 is 0 Å². The van der Waals surface area contributed by atoms with E-state index >= 15 is 0 Å². The van der Waals surface area contributed by atoms with Gasteiger partial charge < -0.3 is 0 Å². The molecule has 0 amide bonds. The fourth-order valence-corrected chi connectivity index (χ4v) is 2.98. The minimum Gasteiger partial charge on any atom is -0.294 e. The Kier molecular flexibility index (Phi) is 4.00. The van der Waals surface area contributed by atoms with Crippen LogP contribution in [0.3, 0.4) is 0 Å². The Bertz CT molecular complexity index is 610. The van der Waals surface area contributed by atoms with Gasteiger partial charge in [-0.2, -0.15) is 0 Å². The van der Waals surface area contributed by atoms with Gasteiger partial charge in [0.1, 0.15) is 4.34 Å². The van der Waals surface area contributed by atoms with Gasteiger partial charge in [0.15, 0.2) is 17.4 Å². The molecule has 0 atom stereocenters. The zero-order chi connectivity index (χ0) is 13.3. The van der Waals surface area contributed by atoms with Crippen LogP contribution in [-0.4, -0.2) is 5.78 Å². The molecule has 18 heavy (non-hydrogen) atoms. The molecule has 94 valence electrons. The molecule has 0 saturated carbocycles. The van der Waals surface area contributed by atoms with Crippen LogP contribution in [0.5, 0.6) is 0 Å². The van der Waals surface area contributed by atoms with Crippen LogP contribution in [0.2, 0.25) is 8.67 Å². The lowest BCUT2D eigenvalue weighted by molar-refractivity contribution is 0.0992. The molecule has 0 aliphatic rings. The summed E-state index contributed by atoms with van der Waals surface area (Å²) in [7, 11) is 0. The van der Waals surface area contributed by atoms with Gasteiger partial charge in [0.05, 0.1) is 4.34 Å². The highest BCUT2D eigenvalue weighted by molar-refractivity contribution is 7.20. The van der Waals surface area contributed by atoms with Crippen molar-refractivity contribution in [1.29, 1.82) is 0 Å². The van der Waals surface area contributed by atoms with Gasteiger partial charge in [-0.25, -0.2) is 8.78 Å². The molecule has 0 unspecified atom stereocenters. The second kappa shape index (κ2) is 5.34. The van der Waals surface area contributed by atoms with Crippen molar-refractivity contribution in [2.24, 2.45) is 0 Å². The first-order valence-electron chi connectivity index (χ1n) is 4.90. The van der Waals surface area contributed by atoms with Crippen LogP contribution in [0.15, 0.2) is 24.3 Å². The second-order valence-corrected chi connectivity index (χ2v) is 5.84. The van der Waals surface area contributed by atoms with E-state index in [1.807, 2.05) is 0 Å². The average molecular weight is 307 g/mol. The van der Waals surface area contributed by atoms with Gasteiger partial charge in [0, 0.05) is 12.0 Å². The highest BCUT2D eigenvalue weighted by Gasteiger charge is 2.17. The third kappa shape index (κ3) is 2.71. The molecular formula is C12H6Cl2F2OS. The van der Waals surface area contributed by atoms with Crippen molar-refractivity contribution in [1.82, 2.24) is 0 Å². The van der Waals surface area contributed by atoms with Crippen LogP contribution in [-0.2, 0) is 6.42 Å². The third-order valence-corrected chi connectivity index (χ3v) is 3.83. The Labute approximate surface area is 116 Å². The van der Waals surface area contributed by atoms with E-state index in [2.05, 4.69) is 0 Å². The fraction of sp³-hybridized carbons (Fsp3) is 0.0833. The topological polar surface area (TPSA) is 17.1 Å². The first kappa shape index (κ1) is 13.5. The summed E-state index contributed by atoms with van der Waals surface area (Å²) in [4.78, 5) is 11.9. The molecule has 1 aromatic carbocycles. The summed E-state index contributed by atoms with van der Waals surface area (Å²) < 4.78 is 27.0. The van der Waals surface area contributed by atoms with Crippen LogP contribution in [0.4, 0.5) is 8.78 Å². The lowest BCUT2D eigenvalue weighted by atomic mass is 10.0. The van der Waals surface area contributed by atoms with E-state index in [1.165, 1.54) is 18.2 Å². The van der Waals surface area contributed by atoms with Crippen molar-refractivity contribution < 1.29 is 13.6 Å². The van der Waals surface area contributed by atoms with Crippen molar-refractivity contribution in [3.8, 4) is 0 Å². The van der Waals surface area contributed by atoms with Crippen LogP contribution in [0.25, 0.3) is 0 Å². The number of hydrogen-bond donors (Lipinski definition) is 0. The van der Waals surface area contributed by atoms with E-state index in [1.54, 1.807) is 0 Å². The van der Waals surface area contributed by atoms with E-state index in [0.29, 0.717) is 4.34 Å². The highest BCUT2D eigenvalue weighted by atomic mass is 35.5. The third-order valence-electron chi connectivity index (χ3n) is 2.34. The standard InChI is InChI=1S/C12H6Cl2F2OS/c13-10-5-7(12(14)18-10)9(17)4-6-2-1-3-8(15)11(6)16/h1-3,5H,4H2. The molecule has 0 radical (unpaired) electrons. The molecule has 6 heteroatoms. The minimum absolute atomic E-state index is 0.00149. The van der Waals surface area contributed by atoms with Gasteiger partial charge in [-0.05, 0) is 17.7 Å². The molecule has 2 aromatic rings. The molecule has 2 rings (SSSR count). The quantitative estimate of drug-likeness (QED) is 0.747. The number of carbonyl (C=O) groups excluding carboxylic acids is 1. The van der Waals surface area contributed by atoms with Gasteiger partial charge in [-0.15, -0.1) is 11.3 Å². The Hall–Kier alpha value is -0.970. The van der Waals surface area contributed by atoms with Crippen LogP contribution < -0.4 is 0 Å². The molecule has 0 aliphatic carbocycles. The molecule has 0 fully saturated rings. The summed E-state index contributed by atoms with van der Waals surface area (Å²) in [6.45, 7) is 0. The first-order chi connectivity index (χ1) is 8.49. The predicted molar refractivity (Wildman–Crippen MR) is 68.7 cm³/mol. The highest BCUT2D eigenvalue weighted by Crippen LogP contribution is 2.32. The monoisotopic (exact) mass is 306 g/mol. The summed E-state index contributed by atoms with van der Waals surface area (Å²) in [5, 5.41) is 0. The van der Waals surface area contributed by atoms with Crippen molar-refractivity contribution >= 4 is 40.3 Å².